The summed E-state index contributed by atoms with van der Waals surface area (Å²) >= 11 is 0. The Kier molecular flexibility index (Phi) is 2.54. The maximum atomic E-state index is 11.9. The third kappa shape index (κ3) is 1.48. The molecule has 4 aliphatic carbocycles. The van der Waals surface area contributed by atoms with Gasteiger partial charge in [-0.1, -0.05) is 19.4 Å². The van der Waals surface area contributed by atoms with Crippen LogP contribution in [0.25, 0.3) is 0 Å². The molecule has 2 nitrogen and oxygen atoms in total. The number of carbonyl (C=O) groups excluding carboxylic acids is 1. The van der Waals surface area contributed by atoms with Gasteiger partial charge in [0.2, 0.25) is 0 Å². The molecule has 0 radical (unpaired) electrons. The largest absolute Gasteiger partial charge is 0.369 e. The molecule has 0 aromatic heterocycles. The highest BCUT2D eigenvalue weighted by Gasteiger charge is 2.69. The minimum atomic E-state index is 0.266. The van der Waals surface area contributed by atoms with E-state index in [4.69, 9.17) is 4.74 Å². The van der Waals surface area contributed by atoms with Crippen molar-refractivity contribution in [2.75, 3.05) is 6.61 Å². The lowest BCUT2D eigenvalue weighted by Crippen LogP contribution is -2.52. The molecule has 0 N–H and O–H groups in total. The van der Waals surface area contributed by atoms with Crippen LogP contribution >= 0.6 is 0 Å². The summed E-state index contributed by atoms with van der Waals surface area (Å²) in [5.41, 5.74) is 2.51. The zero-order chi connectivity index (χ0) is 15.2. The van der Waals surface area contributed by atoms with E-state index in [1.54, 1.807) is 0 Å². The number of fused-ring (bicyclic) bond motifs is 6. The molecule has 6 atom stereocenters. The number of hydrogen-bond donors (Lipinski definition) is 0. The molecule has 22 heavy (non-hydrogen) atoms. The summed E-state index contributed by atoms with van der Waals surface area (Å²) in [4.78, 5) is 11.9. The summed E-state index contributed by atoms with van der Waals surface area (Å²) in [6.07, 6.45) is 11.8. The molecule has 0 amide bonds. The Morgan fingerprint density at radius 1 is 1.05 bits per heavy atom. The number of ketones is 1. The zero-order valence-corrected chi connectivity index (χ0v) is 14.0. The molecule has 1 spiro atoms. The molecule has 2 heteroatoms. The fraction of sp³-hybridized carbons (Fsp3) is 0.850. The minimum absolute atomic E-state index is 0.266. The molecule has 0 aromatic rings. The lowest BCUT2D eigenvalue weighted by molar-refractivity contribution is -0.117. The number of carbonyl (C=O) groups is 1. The third-order valence-electron chi connectivity index (χ3n) is 8.74. The highest BCUT2D eigenvalue weighted by molar-refractivity contribution is 5.91. The first kappa shape index (κ1) is 13.8. The van der Waals surface area contributed by atoms with Gasteiger partial charge < -0.3 is 4.74 Å². The van der Waals surface area contributed by atoms with Crippen LogP contribution in [0.2, 0.25) is 0 Å². The minimum Gasteiger partial charge on any atom is -0.369 e. The predicted molar refractivity (Wildman–Crippen MR) is 85.4 cm³/mol. The van der Waals surface area contributed by atoms with E-state index in [9.17, 15) is 4.79 Å². The Hall–Kier alpha value is -0.630. The monoisotopic (exact) mass is 300 g/mol. The second kappa shape index (κ2) is 4.06. The summed E-state index contributed by atoms with van der Waals surface area (Å²) < 4.78 is 6.00. The first-order valence-corrected chi connectivity index (χ1v) is 9.36. The fourth-order valence-corrected chi connectivity index (χ4v) is 7.21. The lowest BCUT2D eigenvalue weighted by atomic mass is 9.47. The lowest BCUT2D eigenvalue weighted by Gasteiger charge is -2.57. The van der Waals surface area contributed by atoms with Gasteiger partial charge >= 0.3 is 0 Å². The van der Waals surface area contributed by atoms with Gasteiger partial charge in [-0.15, -0.1) is 0 Å². The van der Waals surface area contributed by atoms with Gasteiger partial charge in [0.15, 0.2) is 5.78 Å². The molecule has 5 aliphatic rings. The molecule has 4 fully saturated rings. The van der Waals surface area contributed by atoms with E-state index in [1.807, 2.05) is 6.08 Å². The predicted octanol–water partition coefficient (Wildman–Crippen LogP) is 4.29. The standard InChI is InChI=1S/C20H28O2/c1-18-8-5-14(21)11-13(18)3-4-15-16(18)6-9-19(2)17(15)7-10-20(19)12-22-20/h11,15-17H,3-10,12H2,1-2H3/t15-,16+,17+,18+,19-,20+/m1/s1. The number of hydrogen-bond acceptors (Lipinski definition) is 2. The molecule has 1 aliphatic heterocycles. The van der Waals surface area contributed by atoms with Crippen molar-refractivity contribution in [1.29, 1.82) is 0 Å². The van der Waals surface area contributed by atoms with E-state index in [0.29, 0.717) is 16.6 Å². The topological polar surface area (TPSA) is 29.6 Å². The zero-order valence-electron chi connectivity index (χ0n) is 14.0. The van der Waals surface area contributed by atoms with E-state index < -0.39 is 0 Å². The van der Waals surface area contributed by atoms with Crippen LogP contribution in [0.4, 0.5) is 0 Å². The Bertz CT molecular complexity index is 572. The number of rotatable bonds is 0. The Morgan fingerprint density at radius 2 is 1.82 bits per heavy atom. The highest BCUT2D eigenvalue weighted by Crippen LogP contribution is 2.70. The van der Waals surface area contributed by atoms with Crippen molar-refractivity contribution in [3.05, 3.63) is 11.6 Å². The fourth-order valence-electron chi connectivity index (χ4n) is 7.21. The second-order valence-corrected chi connectivity index (χ2v) is 9.25. The summed E-state index contributed by atoms with van der Waals surface area (Å²) in [6, 6.07) is 0. The molecule has 1 heterocycles. The van der Waals surface area contributed by atoms with Crippen molar-refractivity contribution in [1.82, 2.24) is 0 Å². The molecule has 0 unspecified atom stereocenters. The van der Waals surface area contributed by atoms with Crippen molar-refractivity contribution in [3.63, 3.8) is 0 Å². The van der Waals surface area contributed by atoms with Gasteiger partial charge in [0.1, 0.15) is 0 Å². The molecule has 120 valence electrons. The number of epoxide rings is 1. The molecular formula is C20H28O2. The van der Waals surface area contributed by atoms with Crippen molar-refractivity contribution >= 4 is 5.78 Å². The SMILES string of the molecule is C[C@]12CCC(=O)C=C1CC[C@@H]1[C@@H]2CC[C@]2(C)[C@H]1CC[C@]21CO1. The van der Waals surface area contributed by atoms with Gasteiger partial charge in [0, 0.05) is 11.8 Å². The van der Waals surface area contributed by atoms with E-state index >= 15 is 0 Å². The second-order valence-electron chi connectivity index (χ2n) is 9.25. The Balaban J connectivity index is 1.51. The smallest absolute Gasteiger partial charge is 0.155 e. The Labute approximate surface area is 133 Å². The van der Waals surface area contributed by atoms with Gasteiger partial charge in [-0.2, -0.15) is 0 Å². The van der Waals surface area contributed by atoms with Crippen molar-refractivity contribution < 1.29 is 9.53 Å². The van der Waals surface area contributed by atoms with Crippen LogP contribution in [0.15, 0.2) is 11.6 Å². The van der Waals surface area contributed by atoms with Crippen molar-refractivity contribution in [3.8, 4) is 0 Å². The molecule has 5 rings (SSSR count). The summed E-state index contributed by atoms with van der Waals surface area (Å²) in [5, 5.41) is 0. The van der Waals surface area contributed by atoms with E-state index in [0.717, 1.165) is 37.2 Å². The van der Waals surface area contributed by atoms with Crippen LogP contribution in [-0.4, -0.2) is 18.0 Å². The van der Waals surface area contributed by atoms with Crippen molar-refractivity contribution in [2.45, 2.75) is 70.8 Å². The van der Waals surface area contributed by atoms with Gasteiger partial charge in [0.25, 0.3) is 0 Å². The highest BCUT2D eigenvalue weighted by atomic mass is 16.6. The normalized spacial score (nSPS) is 56.2. The van der Waals surface area contributed by atoms with E-state index in [-0.39, 0.29) is 5.60 Å². The van der Waals surface area contributed by atoms with Gasteiger partial charge in [-0.3, -0.25) is 4.79 Å². The van der Waals surface area contributed by atoms with Gasteiger partial charge in [-0.25, -0.2) is 0 Å². The van der Waals surface area contributed by atoms with Crippen LogP contribution in [0.3, 0.4) is 0 Å². The Morgan fingerprint density at radius 3 is 2.59 bits per heavy atom. The maximum Gasteiger partial charge on any atom is 0.155 e. The average Bonchev–Trinajstić information content (AvgIpc) is 3.22. The molecule has 0 bridgehead atoms. The number of ether oxygens (including phenoxy) is 1. The van der Waals surface area contributed by atoms with Gasteiger partial charge in [0.05, 0.1) is 12.2 Å². The van der Waals surface area contributed by atoms with Crippen LogP contribution in [-0.2, 0) is 9.53 Å². The maximum absolute atomic E-state index is 11.9. The number of allylic oxidation sites excluding steroid dienone is 1. The average molecular weight is 300 g/mol. The molecule has 1 saturated heterocycles. The first-order chi connectivity index (χ1) is 10.5. The summed E-state index contributed by atoms with van der Waals surface area (Å²) in [7, 11) is 0. The molecular weight excluding hydrogens is 272 g/mol. The molecule has 0 aromatic carbocycles. The van der Waals surface area contributed by atoms with Crippen LogP contribution in [0.5, 0.6) is 0 Å². The molecule has 3 saturated carbocycles. The van der Waals surface area contributed by atoms with E-state index in [2.05, 4.69) is 13.8 Å². The van der Waals surface area contributed by atoms with Crippen LogP contribution in [0.1, 0.15) is 65.2 Å². The van der Waals surface area contributed by atoms with E-state index in [1.165, 1.54) is 44.1 Å². The quantitative estimate of drug-likeness (QED) is 0.625. The van der Waals surface area contributed by atoms with Crippen LogP contribution in [0, 0.1) is 28.6 Å². The van der Waals surface area contributed by atoms with Gasteiger partial charge in [-0.05, 0) is 74.2 Å². The first-order valence-electron chi connectivity index (χ1n) is 9.36. The summed E-state index contributed by atoms with van der Waals surface area (Å²) in [5.74, 6) is 2.92. The third-order valence-corrected chi connectivity index (χ3v) is 8.74. The van der Waals surface area contributed by atoms with Crippen molar-refractivity contribution in [2.24, 2.45) is 28.6 Å². The summed E-state index contributed by atoms with van der Waals surface area (Å²) in [6.45, 7) is 6.03. The van der Waals surface area contributed by atoms with Crippen LogP contribution < -0.4 is 0 Å².